The van der Waals surface area contributed by atoms with Gasteiger partial charge in [0.25, 0.3) is 0 Å². The molecule has 0 atom stereocenters. The Morgan fingerprint density at radius 2 is 0.618 bits per heavy atom. The zero-order valence-corrected chi connectivity index (χ0v) is 59.6. The van der Waals surface area contributed by atoms with Gasteiger partial charge in [0, 0.05) is 64.3 Å². The van der Waals surface area contributed by atoms with Crippen LogP contribution in [0.2, 0.25) is 0 Å². The van der Waals surface area contributed by atoms with Crippen molar-refractivity contribution in [1.29, 1.82) is 0 Å². The Balaban J connectivity index is 0.563. The minimum atomic E-state index is -0.516. The van der Waals surface area contributed by atoms with Crippen LogP contribution in [0.1, 0.15) is 44.5 Å². The Hall–Kier alpha value is -14.2. The fourth-order valence-corrected chi connectivity index (χ4v) is 20.8. The molecule has 0 unspecified atom stereocenters. The molecule has 17 aromatic carbocycles. The molecular formula is C102H56N6OS. The normalized spacial score (nSPS) is 13.6. The van der Waals surface area contributed by atoms with Gasteiger partial charge in [0.1, 0.15) is 11.2 Å². The molecule has 0 aliphatic heterocycles. The van der Waals surface area contributed by atoms with E-state index in [2.05, 4.69) is 303 Å². The summed E-state index contributed by atoms with van der Waals surface area (Å²) in [7, 11) is 0. The van der Waals surface area contributed by atoms with Crippen LogP contribution in [0.25, 0.3) is 198 Å². The lowest BCUT2D eigenvalue weighted by Crippen LogP contribution is -2.26. The molecule has 0 radical (unpaired) electrons. The third-order valence-corrected chi connectivity index (χ3v) is 25.5. The molecule has 8 heteroatoms. The van der Waals surface area contributed by atoms with E-state index in [1.807, 2.05) is 36.4 Å². The van der Waals surface area contributed by atoms with Gasteiger partial charge < -0.3 is 4.42 Å². The van der Waals surface area contributed by atoms with E-state index in [0.29, 0.717) is 34.9 Å². The molecule has 0 saturated heterocycles. The third kappa shape index (κ3) is 8.16. The van der Waals surface area contributed by atoms with Gasteiger partial charge in [-0.05, 0) is 175 Å². The van der Waals surface area contributed by atoms with E-state index >= 15 is 0 Å². The van der Waals surface area contributed by atoms with E-state index in [4.69, 9.17) is 34.3 Å². The molecule has 4 aliphatic carbocycles. The molecule has 110 heavy (non-hydrogen) atoms. The van der Waals surface area contributed by atoms with Crippen molar-refractivity contribution in [1.82, 2.24) is 29.9 Å². The first kappa shape index (κ1) is 60.0. The summed E-state index contributed by atoms with van der Waals surface area (Å²) in [5.41, 5.74) is 26.0. The highest BCUT2D eigenvalue weighted by Crippen LogP contribution is 2.65. The van der Waals surface area contributed by atoms with E-state index in [-0.39, 0.29) is 0 Å². The first-order valence-corrected chi connectivity index (χ1v) is 38.3. The molecule has 0 amide bonds. The lowest BCUT2D eigenvalue weighted by molar-refractivity contribution is 0.669. The molecule has 506 valence electrons. The SMILES string of the molecule is c1ccc(-c2nc(-c3ccc4c(c3)sc3ccc(-c5ccc(-c6nc(-c7ccc(-c8ccc9c(c8)C8(c%10ccccc%10-9)c9cccc%10ccc%11cccc8c%11c9%10)cc7)nc(-c7ccc8c(c7)oc7ccccc78)n6)cc5)cc34)nc(-c3cccc4c3-c3ccccc3C43c4cccc5ccc6cccc3c6c45)n2)cc1. The minimum Gasteiger partial charge on any atom is -0.456 e. The quantitative estimate of drug-likeness (QED) is 0.140. The number of para-hydroxylation sites is 1. The number of nitrogens with zero attached hydrogens (tertiary/aromatic N) is 6. The van der Waals surface area contributed by atoms with Crippen LogP contribution in [-0.2, 0) is 10.8 Å². The van der Waals surface area contributed by atoms with Gasteiger partial charge in [-0.25, -0.2) is 29.9 Å². The molecule has 4 aromatic heterocycles. The minimum absolute atomic E-state index is 0.451. The summed E-state index contributed by atoms with van der Waals surface area (Å²) in [5.74, 6) is 3.60. The number of hydrogen-bond donors (Lipinski definition) is 0. The second kappa shape index (κ2) is 22.2. The standard InChI is InChI=1S/C102H56N6OS/c1-2-15-63(16-3-1)95-104-99(108-100(107-95)76-24-14-31-84-94(76)75-23-5-8-26-79(75)101(84)80-27-10-17-59-37-38-60-18-11-28-81(101)91(60)90(59)80)69-47-51-74-77-53-66(48-52-88(77)110-89(74)56-69)57-33-41-64(42-34-57)96-103-97(106-98(105-96)68-46-50-73-72-22-6-9-32-86(72)109-87(73)55-68)65-43-35-58(36-44-65)67-45-49-71-70-21-4-7-25-78(70)102(85(71)54-67)82-29-12-19-61-39-40-62-20-13-30-83(102)93(62)92(61)82/h1-56H. The molecule has 4 aliphatic rings. The van der Waals surface area contributed by atoms with Gasteiger partial charge in [0.2, 0.25) is 0 Å². The summed E-state index contributed by atoms with van der Waals surface area (Å²) >= 11 is 1.79. The maximum atomic E-state index is 6.45. The first-order chi connectivity index (χ1) is 54.5. The summed E-state index contributed by atoms with van der Waals surface area (Å²) < 4.78 is 8.80. The Morgan fingerprint density at radius 1 is 0.209 bits per heavy atom. The molecule has 0 saturated carbocycles. The number of benzene rings is 17. The van der Waals surface area contributed by atoms with Crippen LogP contribution < -0.4 is 0 Å². The van der Waals surface area contributed by atoms with Crippen molar-refractivity contribution >= 4 is 96.5 Å². The van der Waals surface area contributed by atoms with Crippen LogP contribution in [0.4, 0.5) is 0 Å². The molecule has 2 spiro atoms. The Labute approximate surface area is 634 Å². The van der Waals surface area contributed by atoms with Crippen LogP contribution in [0.15, 0.2) is 344 Å². The van der Waals surface area contributed by atoms with Crippen LogP contribution >= 0.6 is 11.3 Å². The van der Waals surface area contributed by atoms with E-state index in [1.54, 1.807) is 11.3 Å². The number of rotatable bonds is 8. The third-order valence-electron chi connectivity index (χ3n) is 24.4. The zero-order chi connectivity index (χ0) is 71.7. The van der Waals surface area contributed by atoms with Gasteiger partial charge in [-0.1, -0.05) is 297 Å². The van der Waals surface area contributed by atoms with Gasteiger partial charge in [-0.3, -0.25) is 0 Å². The lowest BCUT2D eigenvalue weighted by atomic mass is 9.70. The van der Waals surface area contributed by atoms with Gasteiger partial charge in [0.15, 0.2) is 34.9 Å². The van der Waals surface area contributed by atoms with Crippen LogP contribution in [0.3, 0.4) is 0 Å². The molecule has 0 bridgehead atoms. The van der Waals surface area contributed by atoms with Crippen LogP contribution in [0.5, 0.6) is 0 Å². The fourth-order valence-electron chi connectivity index (χ4n) is 19.7. The molecule has 0 fully saturated rings. The van der Waals surface area contributed by atoms with E-state index in [9.17, 15) is 0 Å². The summed E-state index contributed by atoms with van der Waals surface area (Å²) in [4.78, 5) is 32.1. The highest BCUT2D eigenvalue weighted by Gasteiger charge is 2.53. The van der Waals surface area contributed by atoms with Crippen LogP contribution in [-0.4, -0.2) is 29.9 Å². The number of hydrogen-bond acceptors (Lipinski definition) is 8. The highest BCUT2D eigenvalue weighted by molar-refractivity contribution is 7.25. The average molecular weight is 1410 g/mol. The molecule has 7 nitrogen and oxygen atoms in total. The van der Waals surface area contributed by atoms with Crippen molar-refractivity contribution in [3.63, 3.8) is 0 Å². The zero-order valence-electron chi connectivity index (χ0n) is 58.8. The molecule has 25 rings (SSSR count). The summed E-state index contributed by atoms with van der Waals surface area (Å²) in [6, 6.07) is 124. The van der Waals surface area contributed by atoms with Gasteiger partial charge in [0.05, 0.1) is 10.8 Å². The van der Waals surface area contributed by atoms with Crippen molar-refractivity contribution in [2.45, 2.75) is 10.8 Å². The molecular weight excluding hydrogens is 1360 g/mol. The summed E-state index contributed by atoms with van der Waals surface area (Å²) in [5, 5.41) is 14.9. The fraction of sp³-hybridized carbons (Fsp3) is 0.0196. The molecule has 4 heterocycles. The van der Waals surface area contributed by atoms with Gasteiger partial charge in [-0.2, -0.15) is 0 Å². The summed E-state index contributed by atoms with van der Waals surface area (Å²) in [6.45, 7) is 0. The lowest BCUT2D eigenvalue weighted by Gasteiger charge is -2.31. The second-order valence-electron chi connectivity index (χ2n) is 29.8. The summed E-state index contributed by atoms with van der Waals surface area (Å²) in [6.07, 6.45) is 0. The van der Waals surface area contributed by atoms with Gasteiger partial charge >= 0.3 is 0 Å². The highest BCUT2D eigenvalue weighted by atomic mass is 32.1. The van der Waals surface area contributed by atoms with Crippen molar-refractivity contribution < 1.29 is 4.42 Å². The second-order valence-corrected chi connectivity index (χ2v) is 30.9. The van der Waals surface area contributed by atoms with E-state index < -0.39 is 10.8 Å². The van der Waals surface area contributed by atoms with Crippen LogP contribution in [0, 0.1) is 0 Å². The number of furan rings is 1. The maximum Gasteiger partial charge on any atom is 0.164 e. The van der Waals surface area contributed by atoms with Crippen molar-refractivity contribution in [3.05, 3.63) is 384 Å². The predicted octanol–water partition coefficient (Wildman–Crippen LogP) is 25.6. The number of fused-ring (bicyclic) bond motifs is 20. The average Bonchev–Trinajstić information content (AvgIpc) is 1.49. The molecule has 21 aromatic rings. The topological polar surface area (TPSA) is 90.5 Å². The molecule has 0 N–H and O–H groups in total. The van der Waals surface area contributed by atoms with Crippen molar-refractivity contribution in [2.75, 3.05) is 0 Å². The smallest absolute Gasteiger partial charge is 0.164 e. The number of thiophene rings is 1. The Morgan fingerprint density at radius 3 is 1.24 bits per heavy atom. The Bertz CT molecular complexity index is 7540. The number of aromatic nitrogens is 6. The van der Waals surface area contributed by atoms with E-state index in [1.165, 1.54) is 120 Å². The van der Waals surface area contributed by atoms with E-state index in [0.717, 1.165) is 87.8 Å². The van der Waals surface area contributed by atoms with Gasteiger partial charge in [-0.15, -0.1) is 11.3 Å². The monoisotopic (exact) mass is 1410 g/mol. The maximum absolute atomic E-state index is 6.45. The Kier molecular flexibility index (Phi) is 12.1. The largest absolute Gasteiger partial charge is 0.456 e. The first-order valence-electron chi connectivity index (χ1n) is 37.5. The van der Waals surface area contributed by atoms with Crippen molar-refractivity contribution in [2.24, 2.45) is 0 Å². The van der Waals surface area contributed by atoms with Crippen molar-refractivity contribution in [3.8, 4) is 113 Å². The predicted molar refractivity (Wildman–Crippen MR) is 449 cm³/mol.